The van der Waals surface area contributed by atoms with Crippen molar-refractivity contribution in [1.29, 1.82) is 0 Å². The quantitative estimate of drug-likeness (QED) is 0.867. The van der Waals surface area contributed by atoms with Gasteiger partial charge in [-0.3, -0.25) is 9.88 Å². The third-order valence-electron chi connectivity index (χ3n) is 3.58. The van der Waals surface area contributed by atoms with Crippen LogP contribution in [-0.4, -0.2) is 39.8 Å². The Morgan fingerprint density at radius 1 is 1.16 bits per heavy atom. The number of hydrogen-bond donors (Lipinski definition) is 1. The van der Waals surface area contributed by atoms with Crippen molar-refractivity contribution in [3.05, 3.63) is 66.0 Å². The summed E-state index contributed by atoms with van der Waals surface area (Å²) in [7, 11) is 0. The maximum absolute atomic E-state index is 12.8. The Balaban J connectivity index is 2.44. The van der Waals surface area contributed by atoms with E-state index in [1.165, 1.54) is 0 Å². The molecule has 0 saturated heterocycles. The third-order valence-corrected chi connectivity index (χ3v) is 3.58. The van der Waals surface area contributed by atoms with E-state index < -0.39 is 11.7 Å². The Labute approximate surface area is 149 Å². The first kappa shape index (κ1) is 18.9. The van der Waals surface area contributed by atoms with Gasteiger partial charge in [-0.2, -0.15) is 0 Å². The van der Waals surface area contributed by atoms with Crippen molar-refractivity contribution in [2.24, 2.45) is 0 Å². The van der Waals surface area contributed by atoms with Crippen molar-refractivity contribution in [3.63, 3.8) is 0 Å². The fourth-order valence-corrected chi connectivity index (χ4v) is 2.57. The van der Waals surface area contributed by atoms with Gasteiger partial charge >= 0.3 is 6.09 Å². The second kappa shape index (κ2) is 8.62. The molecule has 1 aromatic carbocycles. The summed E-state index contributed by atoms with van der Waals surface area (Å²) in [5, 5.41) is 9.26. The summed E-state index contributed by atoms with van der Waals surface area (Å²) in [5.41, 5.74) is 1.11. The van der Waals surface area contributed by atoms with E-state index in [1.807, 2.05) is 69.3 Å². The lowest BCUT2D eigenvalue weighted by Gasteiger charge is -2.33. The van der Waals surface area contributed by atoms with E-state index in [0.717, 1.165) is 11.3 Å². The zero-order valence-corrected chi connectivity index (χ0v) is 15.1. The average Bonchev–Trinajstić information content (AvgIpc) is 2.58. The maximum Gasteiger partial charge on any atom is 0.411 e. The highest BCUT2D eigenvalue weighted by Crippen LogP contribution is 2.29. The van der Waals surface area contributed by atoms with Gasteiger partial charge in [-0.15, -0.1) is 0 Å². The van der Waals surface area contributed by atoms with Gasteiger partial charge in [0.15, 0.2) is 0 Å². The predicted molar refractivity (Wildman–Crippen MR) is 97.2 cm³/mol. The molecule has 0 fully saturated rings. The van der Waals surface area contributed by atoms with Crippen LogP contribution >= 0.6 is 0 Å². The Morgan fingerprint density at radius 3 is 2.40 bits per heavy atom. The first-order chi connectivity index (χ1) is 11.9. The van der Waals surface area contributed by atoms with Crippen molar-refractivity contribution in [2.75, 3.05) is 13.2 Å². The smallest absolute Gasteiger partial charge is 0.411 e. The predicted octanol–water partition coefficient (Wildman–Crippen LogP) is 3.79. The van der Waals surface area contributed by atoms with Crippen LogP contribution in [0.4, 0.5) is 4.79 Å². The molecule has 0 radical (unpaired) electrons. The van der Waals surface area contributed by atoms with Crippen LogP contribution in [0.5, 0.6) is 0 Å². The SMILES string of the molecule is CC(C)(C)OC(=O)N(CCCO)C(c1ccccc1)c1ccccn1. The van der Waals surface area contributed by atoms with Crippen LogP contribution in [-0.2, 0) is 4.74 Å². The molecule has 0 aliphatic rings. The molecule has 0 bridgehead atoms. The lowest BCUT2D eigenvalue weighted by Crippen LogP contribution is -2.40. The zero-order chi connectivity index (χ0) is 18.3. The fourth-order valence-electron chi connectivity index (χ4n) is 2.57. The number of carbonyl (C=O) groups excluding carboxylic acids is 1. The molecule has 25 heavy (non-hydrogen) atoms. The maximum atomic E-state index is 12.8. The van der Waals surface area contributed by atoms with Crippen LogP contribution in [0.2, 0.25) is 0 Å². The lowest BCUT2D eigenvalue weighted by atomic mass is 10.0. The summed E-state index contributed by atoms with van der Waals surface area (Å²) in [6, 6.07) is 15.0. The number of pyridine rings is 1. The number of carbonyl (C=O) groups is 1. The van der Waals surface area contributed by atoms with E-state index in [1.54, 1.807) is 11.1 Å². The molecule has 1 N–H and O–H groups in total. The van der Waals surface area contributed by atoms with Crippen LogP contribution in [0.1, 0.15) is 44.5 Å². The normalized spacial score (nSPS) is 12.5. The standard InChI is InChI=1S/C20H26N2O3/c1-20(2,3)25-19(24)22(14-9-15-23)18(16-10-5-4-6-11-16)17-12-7-8-13-21-17/h4-8,10-13,18,23H,9,14-15H2,1-3H3. The summed E-state index contributed by atoms with van der Waals surface area (Å²) >= 11 is 0. The van der Waals surface area contributed by atoms with E-state index in [4.69, 9.17) is 4.74 Å². The van der Waals surface area contributed by atoms with Crippen molar-refractivity contribution in [1.82, 2.24) is 9.88 Å². The second-order valence-electron chi connectivity index (χ2n) is 6.82. The molecule has 0 spiro atoms. The minimum atomic E-state index is -0.597. The topological polar surface area (TPSA) is 62.7 Å². The van der Waals surface area contributed by atoms with Gasteiger partial charge in [-0.25, -0.2) is 4.79 Å². The van der Waals surface area contributed by atoms with Gasteiger partial charge in [-0.1, -0.05) is 36.4 Å². The molecular weight excluding hydrogens is 316 g/mol. The number of benzene rings is 1. The third kappa shape index (κ3) is 5.57. The molecule has 1 aromatic heterocycles. The number of nitrogens with zero attached hydrogens (tertiary/aromatic N) is 2. The Hall–Kier alpha value is -2.40. The number of aromatic nitrogens is 1. The van der Waals surface area contributed by atoms with E-state index in [2.05, 4.69) is 4.98 Å². The highest BCUT2D eigenvalue weighted by Gasteiger charge is 2.30. The van der Waals surface area contributed by atoms with Gasteiger partial charge in [0, 0.05) is 19.3 Å². The zero-order valence-electron chi connectivity index (χ0n) is 15.1. The Kier molecular flexibility index (Phi) is 6.53. The second-order valence-corrected chi connectivity index (χ2v) is 6.82. The van der Waals surface area contributed by atoms with Gasteiger partial charge < -0.3 is 9.84 Å². The van der Waals surface area contributed by atoms with Gasteiger partial charge in [-0.05, 0) is 44.9 Å². The van der Waals surface area contributed by atoms with Gasteiger partial charge in [0.2, 0.25) is 0 Å². The van der Waals surface area contributed by atoms with Crippen molar-refractivity contribution in [3.8, 4) is 0 Å². The Bertz CT molecular complexity index is 614. The molecule has 0 aliphatic heterocycles. The summed E-state index contributed by atoms with van der Waals surface area (Å²) in [4.78, 5) is 18.9. The number of aliphatic hydroxyl groups is 1. The van der Waals surface area contributed by atoms with Crippen molar-refractivity contribution >= 4 is 6.09 Å². The minimum absolute atomic E-state index is 0.00300. The lowest BCUT2D eigenvalue weighted by molar-refractivity contribution is 0.0176. The van der Waals surface area contributed by atoms with E-state index in [9.17, 15) is 9.90 Å². The monoisotopic (exact) mass is 342 g/mol. The minimum Gasteiger partial charge on any atom is -0.444 e. The molecule has 1 atom stereocenters. The summed E-state index contributed by atoms with van der Waals surface area (Å²) in [6.45, 7) is 5.90. The summed E-state index contributed by atoms with van der Waals surface area (Å²) in [6.07, 6.45) is 1.76. The van der Waals surface area contributed by atoms with Crippen molar-refractivity contribution < 1.29 is 14.6 Å². The molecule has 0 aliphatic carbocycles. The highest BCUT2D eigenvalue weighted by atomic mass is 16.6. The van der Waals surface area contributed by atoms with E-state index in [0.29, 0.717) is 13.0 Å². The molecule has 2 rings (SSSR count). The largest absolute Gasteiger partial charge is 0.444 e. The first-order valence-corrected chi connectivity index (χ1v) is 8.49. The van der Waals surface area contributed by atoms with Crippen LogP contribution < -0.4 is 0 Å². The number of ether oxygens (including phenoxy) is 1. The molecule has 1 heterocycles. The van der Waals surface area contributed by atoms with Crippen molar-refractivity contribution in [2.45, 2.75) is 38.8 Å². The van der Waals surface area contributed by atoms with Gasteiger partial charge in [0.05, 0.1) is 5.69 Å². The first-order valence-electron chi connectivity index (χ1n) is 8.49. The fraction of sp³-hybridized carbons (Fsp3) is 0.400. The summed E-state index contributed by atoms with van der Waals surface area (Å²) < 4.78 is 5.60. The highest BCUT2D eigenvalue weighted by molar-refractivity contribution is 5.69. The van der Waals surface area contributed by atoms with Crippen LogP contribution in [0.3, 0.4) is 0 Å². The van der Waals surface area contributed by atoms with Crippen LogP contribution in [0, 0.1) is 0 Å². The number of aliphatic hydroxyl groups excluding tert-OH is 1. The molecule has 2 aromatic rings. The average molecular weight is 342 g/mol. The number of hydrogen-bond acceptors (Lipinski definition) is 4. The summed E-state index contributed by atoms with van der Waals surface area (Å²) in [5.74, 6) is 0. The number of amides is 1. The molecular formula is C20H26N2O3. The van der Waals surface area contributed by atoms with Crippen LogP contribution in [0.25, 0.3) is 0 Å². The molecule has 134 valence electrons. The molecule has 1 amide bonds. The molecule has 5 nitrogen and oxygen atoms in total. The number of rotatable bonds is 6. The van der Waals surface area contributed by atoms with Gasteiger partial charge in [0.25, 0.3) is 0 Å². The molecule has 0 saturated carbocycles. The van der Waals surface area contributed by atoms with Gasteiger partial charge in [0.1, 0.15) is 11.6 Å². The molecule has 5 heteroatoms. The Morgan fingerprint density at radius 2 is 1.84 bits per heavy atom. The van der Waals surface area contributed by atoms with E-state index >= 15 is 0 Å². The van der Waals surface area contributed by atoms with E-state index in [-0.39, 0.29) is 12.6 Å². The molecule has 1 unspecified atom stereocenters. The van der Waals surface area contributed by atoms with Crippen LogP contribution in [0.15, 0.2) is 54.7 Å².